The van der Waals surface area contributed by atoms with Crippen molar-refractivity contribution in [1.82, 2.24) is 0 Å². The second-order valence-corrected chi connectivity index (χ2v) is 2.18. The van der Waals surface area contributed by atoms with Crippen molar-refractivity contribution in [3.8, 4) is 0 Å². The molecule has 0 fully saturated rings. The lowest BCUT2D eigenvalue weighted by Crippen LogP contribution is -2.39. The minimum Gasteiger partial charge on any atom is -0.437 e. The molecule has 0 radical (unpaired) electrons. The fraction of sp³-hybridized carbons (Fsp3) is 0.714. The maximum atomic E-state index is 10.6. The van der Waals surface area contributed by atoms with Gasteiger partial charge >= 0.3 is 18.3 Å². The van der Waals surface area contributed by atoms with Crippen molar-refractivity contribution in [2.24, 2.45) is 0 Å². The van der Waals surface area contributed by atoms with Crippen molar-refractivity contribution >= 4 is 12.3 Å². The lowest BCUT2D eigenvalue weighted by molar-refractivity contribution is -0.316. The predicted molar refractivity (Wildman–Crippen MR) is 42.2 cm³/mol. The van der Waals surface area contributed by atoms with E-state index in [1.54, 1.807) is 0 Å². The fourth-order valence-electron chi connectivity index (χ4n) is 0.509. The van der Waals surface area contributed by atoms with E-state index in [-0.39, 0.29) is 6.42 Å². The van der Waals surface area contributed by atoms with Crippen LogP contribution in [-0.4, -0.2) is 37.6 Å². The monoisotopic (exact) mass is 208 g/mol. The summed E-state index contributed by atoms with van der Waals surface area (Å²) < 4.78 is 16.8. The highest BCUT2D eigenvalue weighted by molar-refractivity contribution is 5.62. The Morgan fingerprint density at radius 1 is 1.14 bits per heavy atom. The summed E-state index contributed by atoms with van der Waals surface area (Å²) >= 11 is 0. The third kappa shape index (κ3) is 3.94. The zero-order valence-corrected chi connectivity index (χ0v) is 8.10. The lowest BCUT2D eigenvalue weighted by Gasteiger charge is -2.23. The average Bonchev–Trinajstić information content (AvgIpc) is 2.17. The number of methoxy groups -OCH3 is 2. The van der Waals surface area contributed by atoms with E-state index in [0.29, 0.717) is 0 Å². The van der Waals surface area contributed by atoms with Gasteiger partial charge in [0.1, 0.15) is 0 Å². The minimum absolute atomic E-state index is 0.156. The maximum absolute atomic E-state index is 10.6. The molecule has 14 heavy (non-hydrogen) atoms. The van der Waals surface area contributed by atoms with Gasteiger partial charge in [-0.15, -0.1) is 0 Å². The van der Waals surface area contributed by atoms with E-state index in [1.807, 2.05) is 0 Å². The molecule has 1 N–H and O–H groups in total. The van der Waals surface area contributed by atoms with E-state index < -0.39 is 18.3 Å². The first-order valence-corrected chi connectivity index (χ1v) is 3.73. The predicted octanol–water partition coefficient (Wildman–Crippen LogP) is 0.609. The molecule has 82 valence electrons. The van der Waals surface area contributed by atoms with Crippen LogP contribution in [0.3, 0.4) is 0 Å². The van der Waals surface area contributed by atoms with Crippen LogP contribution in [0.15, 0.2) is 0 Å². The van der Waals surface area contributed by atoms with Gasteiger partial charge in [0.15, 0.2) is 0 Å². The molecular weight excluding hydrogens is 196 g/mol. The number of carbonyl (C=O) groups excluding carboxylic acids is 2. The highest BCUT2D eigenvalue weighted by atomic mass is 16.9. The Morgan fingerprint density at radius 3 is 1.71 bits per heavy atom. The summed E-state index contributed by atoms with van der Waals surface area (Å²) in [5.74, 6) is -2.36. The Bertz CT molecular complexity index is 194. The summed E-state index contributed by atoms with van der Waals surface area (Å²) in [6, 6.07) is 0. The van der Waals surface area contributed by atoms with Crippen LogP contribution in [0.5, 0.6) is 0 Å². The van der Waals surface area contributed by atoms with Crippen LogP contribution in [-0.2, 0) is 18.9 Å². The maximum Gasteiger partial charge on any atom is 0.513 e. The fourth-order valence-corrected chi connectivity index (χ4v) is 0.509. The third-order valence-corrected chi connectivity index (χ3v) is 1.27. The van der Waals surface area contributed by atoms with Crippen molar-refractivity contribution in [2.75, 3.05) is 14.2 Å². The molecule has 0 aliphatic carbocycles. The molecule has 0 saturated heterocycles. The van der Waals surface area contributed by atoms with Gasteiger partial charge in [0.2, 0.25) is 0 Å². The van der Waals surface area contributed by atoms with Crippen LogP contribution in [0.25, 0.3) is 0 Å². The molecular formula is C7H12O7. The van der Waals surface area contributed by atoms with Gasteiger partial charge in [-0.25, -0.2) is 9.59 Å². The Kier molecular flexibility index (Phi) is 4.71. The summed E-state index contributed by atoms with van der Waals surface area (Å²) in [4.78, 5) is 21.2. The molecule has 0 bridgehead atoms. The molecule has 0 aromatic rings. The van der Waals surface area contributed by atoms with Gasteiger partial charge in [-0.05, 0) is 0 Å². The van der Waals surface area contributed by atoms with Gasteiger partial charge in [-0.3, -0.25) is 0 Å². The Morgan fingerprint density at radius 2 is 1.50 bits per heavy atom. The molecule has 0 amide bonds. The first-order chi connectivity index (χ1) is 6.47. The number of ether oxygens (including phenoxy) is 4. The molecule has 0 rings (SSSR count). The van der Waals surface area contributed by atoms with Crippen molar-refractivity contribution in [1.29, 1.82) is 0 Å². The van der Waals surface area contributed by atoms with Gasteiger partial charge in [-0.1, -0.05) is 6.92 Å². The largest absolute Gasteiger partial charge is 0.513 e. The van der Waals surface area contributed by atoms with E-state index in [2.05, 4.69) is 18.9 Å². The molecule has 0 atom stereocenters. The van der Waals surface area contributed by atoms with E-state index in [4.69, 9.17) is 0 Å². The minimum atomic E-state index is -2.36. The Hall–Kier alpha value is -1.50. The van der Waals surface area contributed by atoms with Gasteiger partial charge in [-0.2, -0.15) is 0 Å². The SMILES string of the molecule is CCC(O)(OC(=O)OC)OC(=O)OC. The van der Waals surface area contributed by atoms with Crippen molar-refractivity contribution < 1.29 is 33.6 Å². The van der Waals surface area contributed by atoms with Crippen LogP contribution in [0.4, 0.5) is 9.59 Å². The molecule has 0 aromatic carbocycles. The zero-order chi connectivity index (χ0) is 11.2. The Balaban J connectivity index is 4.31. The molecule has 0 heterocycles. The summed E-state index contributed by atoms with van der Waals surface area (Å²) in [6.07, 6.45) is -2.49. The third-order valence-electron chi connectivity index (χ3n) is 1.27. The number of hydrogen-bond donors (Lipinski definition) is 1. The molecule has 0 saturated carbocycles. The molecule has 0 aromatic heterocycles. The van der Waals surface area contributed by atoms with Crippen LogP contribution in [0.1, 0.15) is 13.3 Å². The van der Waals surface area contributed by atoms with Crippen LogP contribution in [0, 0.1) is 0 Å². The normalized spacial score (nSPS) is 10.3. The van der Waals surface area contributed by atoms with E-state index in [9.17, 15) is 14.7 Å². The van der Waals surface area contributed by atoms with E-state index in [0.717, 1.165) is 14.2 Å². The molecule has 7 nitrogen and oxygen atoms in total. The van der Waals surface area contributed by atoms with Gasteiger partial charge in [0.05, 0.1) is 20.6 Å². The highest BCUT2D eigenvalue weighted by Gasteiger charge is 2.35. The standard InChI is InChI=1S/C7H12O7/c1-4-7(10,13-5(8)11-2)14-6(9)12-3/h10H,4H2,1-3H3. The van der Waals surface area contributed by atoms with Crippen LogP contribution < -0.4 is 0 Å². The van der Waals surface area contributed by atoms with E-state index in [1.165, 1.54) is 6.92 Å². The van der Waals surface area contributed by atoms with Gasteiger partial charge in [0.25, 0.3) is 0 Å². The van der Waals surface area contributed by atoms with Crippen molar-refractivity contribution in [2.45, 2.75) is 19.3 Å². The second-order valence-electron chi connectivity index (χ2n) is 2.18. The highest BCUT2D eigenvalue weighted by Crippen LogP contribution is 2.15. The number of rotatable bonds is 3. The zero-order valence-electron chi connectivity index (χ0n) is 8.10. The molecule has 7 heteroatoms. The number of aliphatic hydroxyl groups is 1. The quantitative estimate of drug-likeness (QED) is 0.536. The van der Waals surface area contributed by atoms with Gasteiger partial charge < -0.3 is 24.1 Å². The first-order valence-electron chi connectivity index (χ1n) is 3.73. The van der Waals surface area contributed by atoms with Crippen molar-refractivity contribution in [3.63, 3.8) is 0 Å². The van der Waals surface area contributed by atoms with Crippen LogP contribution >= 0.6 is 0 Å². The molecule has 0 aliphatic heterocycles. The van der Waals surface area contributed by atoms with Crippen LogP contribution in [0.2, 0.25) is 0 Å². The number of carbonyl (C=O) groups is 2. The summed E-state index contributed by atoms with van der Waals surface area (Å²) in [6.45, 7) is 1.44. The smallest absolute Gasteiger partial charge is 0.437 e. The summed E-state index contributed by atoms with van der Waals surface area (Å²) in [7, 11) is 2.10. The summed E-state index contributed by atoms with van der Waals surface area (Å²) in [5, 5.41) is 9.38. The molecule has 0 spiro atoms. The topological polar surface area (TPSA) is 91.3 Å². The first kappa shape index (κ1) is 12.5. The summed E-state index contributed by atoms with van der Waals surface area (Å²) in [5.41, 5.74) is 0. The van der Waals surface area contributed by atoms with Gasteiger partial charge in [0, 0.05) is 0 Å². The van der Waals surface area contributed by atoms with E-state index >= 15 is 0 Å². The molecule has 0 aliphatic rings. The average molecular weight is 208 g/mol. The van der Waals surface area contributed by atoms with Crippen molar-refractivity contribution in [3.05, 3.63) is 0 Å². The lowest BCUT2D eigenvalue weighted by atomic mass is 10.4. The Labute approximate surface area is 80.5 Å². The number of hydrogen-bond acceptors (Lipinski definition) is 7. The molecule has 0 unspecified atom stereocenters. The second kappa shape index (κ2) is 5.28.